The molecule has 0 aromatic rings. The minimum absolute atomic E-state index is 0.0301. The maximum atomic E-state index is 12.5. The summed E-state index contributed by atoms with van der Waals surface area (Å²) in [6.07, 6.45) is 2.26. The summed E-state index contributed by atoms with van der Waals surface area (Å²) in [6, 6.07) is -0.0511. The molecule has 2 atom stereocenters. The number of hydrogen-bond donors (Lipinski definition) is 1. The van der Waals surface area contributed by atoms with E-state index in [0.29, 0.717) is 0 Å². The van der Waals surface area contributed by atoms with Crippen molar-refractivity contribution >= 4 is 6.09 Å². The molecule has 1 aliphatic rings. The number of hydrogen-bond acceptors (Lipinski definition) is 2. The molecule has 1 amide bonds. The number of alkyl carbamates (subject to hydrolysis) is 1. The van der Waals surface area contributed by atoms with E-state index in [0.717, 1.165) is 19.3 Å². The van der Waals surface area contributed by atoms with Gasteiger partial charge in [-0.1, -0.05) is 6.42 Å². The third kappa shape index (κ3) is 4.06. The van der Waals surface area contributed by atoms with E-state index in [1.807, 2.05) is 20.8 Å². The van der Waals surface area contributed by atoms with Crippen molar-refractivity contribution < 1.29 is 13.9 Å². The van der Waals surface area contributed by atoms with Crippen LogP contribution in [-0.2, 0) is 4.74 Å². The summed E-state index contributed by atoms with van der Waals surface area (Å²) in [4.78, 5) is 11.4. The number of carbonyl (C=O) groups is 1. The predicted molar refractivity (Wildman–Crippen MR) is 56.5 cm³/mol. The Hall–Kier alpha value is -0.800. The van der Waals surface area contributed by atoms with Gasteiger partial charge in [-0.25, -0.2) is 4.79 Å². The monoisotopic (exact) mass is 217 g/mol. The molecule has 1 rings (SSSR count). The van der Waals surface area contributed by atoms with Crippen LogP contribution in [0.1, 0.15) is 40.0 Å². The Bertz CT molecular complexity index is 225. The summed E-state index contributed by atoms with van der Waals surface area (Å²) in [7, 11) is 0. The van der Waals surface area contributed by atoms with Gasteiger partial charge in [0.05, 0.1) is 6.67 Å². The van der Waals surface area contributed by atoms with Gasteiger partial charge in [0, 0.05) is 12.0 Å². The van der Waals surface area contributed by atoms with Gasteiger partial charge in [0.1, 0.15) is 5.60 Å². The van der Waals surface area contributed by atoms with Gasteiger partial charge in [-0.05, 0) is 33.6 Å². The molecule has 0 saturated heterocycles. The van der Waals surface area contributed by atoms with Crippen LogP contribution in [0.4, 0.5) is 9.18 Å². The van der Waals surface area contributed by atoms with E-state index >= 15 is 0 Å². The predicted octanol–water partition coefficient (Wildman–Crippen LogP) is 2.65. The average molecular weight is 217 g/mol. The first-order valence-corrected chi connectivity index (χ1v) is 5.48. The lowest BCUT2D eigenvalue weighted by Crippen LogP contribution is -2.41. The number of alkyl halides is 1. The first-order chi connectivity index (χ1) is 6.92. The molecule has 3 nitrogen and oxygen atoms in total. The zero-order chi connectivity index (χ0) is 11.5. The molecule has 0 spiro atoms. The summed E-state index contributed by atoms with van der Waals surface area (Å²) >= 11 is 0. The fourth-order valence-electron chi connectivity index (χ4n) is 1.87. The van der Waals surface area contributed by atoms with E-state index in [1.54, 1.807) is 0 Å². The standard InChI is InChI=1S/C11H20FNO2/c1-11(2,3)15-10(14)13-9-6-4-5-8(9)7-12/h8-9H,4-7H2,1-3H3,(H,13,14)/t8-,9+/m1/s1. The van der Waals surface area contributed by atoms with E-state index in [1.165, 1.54) is 0 Å². The van der Waals surface area contributed by atoms with Crippen LogP contribution in [0, 0.1) is 5.92 Å². The lowest BCUT2D eigenvalue weighted by molar-refractivity contribution is 0.0489. The molecule has 1 saturated carbocycles. The zero-order valence-electron chi connectivity index (χ0n) is 9.68. The van der Waals surface area contributed by atoms with E-state index in [4.69, 9.17) is 4.74 Å². The molecule has 1 aliphatic carbocycles. The minimum Gasteiger partial charge on any atom is -0.444 e. The van der Waals surface area contributed by atoms with Crippen molar-refractivity contribution in [3.05, 3.63) is 0 Å². The molecule has 0 radical (unpaired) electrons. The number of carbonyl (C=O) groups excluding carboxylic acids is 1. The normalized spacial score (nSPS) is 26.4. The molecule has 0 unspecified atom stereocenters. The molecule has 1 fully saturated rings. The highest BCUT2D eigenvalue weighted by Gasteiger charge is 2.29. The van der Waals surface area contributed by atoms with Crippen LogP contribution in [-0.4, -0.2) is 24.4 Å². The zero-order valence-corrected chi connectivity index (χ0v) is 9.68. The molecule has 15 heavy (non-hydrogen) atoms. The van der Waals surface area contributed by atoms with Gasteiger partial charge in [-0.2, -0.15) is 0 Å². The first kappa shape index (κ1) is 12.3. The Morgan fingerprint density at radius 1 is 1.47 bits per heavy atom. The van der Waals surface area contributed by atoms with Crippen molar-refractivity contribution in [3.8, 4) is 0 Å². The molecule has 88 valence electrons. The third-order valence-electron chi connectivity index (χ3n) is 2.56. The smallest absolute Gasteiger partial charge is 0.407 e. The molecular formula is C11H20FNO2. The molecule has 0 bridgehead atoms. The average Bonchev–Trinajstić information content (AvgIpc) is 2.48. The van der Waals surface area contributed by atoms with Crippen LogP contribution in [0.25, 0.3) is 0 Å². The Kier molecular flexibility index (Phi) is 3.94. The molecule has 4 heteroatoms. The number of halogens is 1. The number of rotatable bonds is 2. The minimum atomic E-state index is -0.492. The molecular weight excluding hydrogens is 197 g/mol. The number of nitrogens with one attached hydrogen (secondary N) is 1. The lowest BCUT2D eigenvalue weighted by Gasteiger charge is -2.23. The topological polar surface area (TPSA) is 38.3 Å². The van der Waals surface area contributed by atoms with E-state index in [-0.39, 0.29) is 18.6 Å². The van der Waals surface area contributed by atoms with Gasteiger partial charge in [0.2, 0.25) is 0 Å². The maximum absolute atomic E-state index is 12.5. The van der Waals surface area contributed by atoms with Crippen LogP contribution < -0.4 is 5.32 Å². The van der Waals surface area contributed by atoms with Crippen LogP contribution in [0.5, 0.6) is 0 Å². The molecule has 0 heterocycles. The highest BCUT2D eigenvalue weighted by molar-refractivity contribution is 5.68. The molecule has 0 aliphatic heterocycles. The second-order valence-corrected chi connectivity index (χ2v) is 5.10. The molecule has 1 N–H and O–H groups in total. The van der Waals surface area contributed by atoms with Crippen molar-refractivity contribution in [3.63, 3.8) is 0 Å². The van der Waals surface area contributed by atoms with Crippen molar-refractivity contribution in [2.75, 3.05) is 6.67 Å². The summed E-state index contributed by atoms with van der Waals surface area (Å²) in [5, 5.41) is 2.74. The fourth-order valence-corrected chi connectivity index (χ4v) is 1.87. The summed E-state index contributed by atoms with van der Waals surface area (Å²) in [6.45, 7) is 5.08. The van der Waals surface area contributed by atoms with E-state index < -0.39 is 11.7 Å². The van der Waals surface area contributed by atoms with Gasteiger partial charge >= 0.3 is 6.09 Å². The quantitative estimate of drug-likeness (QED) is 0.772. The fraction of sp³-hybridized carbons (Fsp3) is 0.909. The van der Waals surface area contributed by atoms with Gasteiger partial charge in [0.15, 0.2) is 0 Å². The molecule has 0 aromatic carbocycles. The van der Waals surface area contributed by atoms with Gasteiger partial charge in [-0.15, -0.1) is 0 Å². The SMILES string of the molecule is CC(C)(C)OC(=O)N[C@H]1CCC[C@@H]1CF. The molecule has 0 aromatic heterocycles. The Labute approximate surface area is 90.4 Å². The second-order valence-electron chi connectivity index (χ2n) is 5.10. The van der Waals surface area contributed by atoms with Crippen LogP contribution in [0.15, 0.2) is 0 Å². The lowest BCUT2D eigenvalue weighted by atomic mass is 10.1. The van der Waals surface area contributed by atoms with Crippen molar-refractivity contribution in [1.82, 2.24) is 5.32 Å². The largest absolute Gasteiger partial charge is 0.444 e. The first-order valence-electron chi connectivity index (χ1n) is 5.48. The summed E-state index contributed by atoms with van der Waals surface area (Å²) in [5.74, 6) is -0.0301. The van der Waals surface area contributed by atoms with E-state index in [9.17, 15) is 9.18 Å². The Morgan fingerprint density at radius 3 is 2.67 bits per heavy atom. The van der Waals surface area contributed by atoms with Crippen LogP contribution in [0.2, 0.25) is 0 Å². The highest BCUT2D eigenvalue weighted by Crippen LogP contribution is 2.26. The Balaban J connectivity index is 2.37. The Morgan fingerprint density at radius 2 is 2.13 bits per heavy atom. The van der Waals surface area contributed by atoms with Crippen LogP contribution in [0.3, 0.4) is 0 Å². The summed E-state index contributed by atoms with van der Waals surface area (Å²) in [5.41, 5.74) is -0.492. The third-order valence-corrected chi connectivity index (χ3v) is 2.56. The van der Waals surface area contributed by atoms with Gasteiger partial charge in [-0.3, -0.25) is 4.39 Å². The van der Waals surface area contributed by atoms with Crippen molar-refractivity contribution in [1.29, 1.82) is 0 Å². The maximum Gasteiger partial charge on any atom is 0.407 e. The van der Waals surface area contributed by atoms with Gasteiger partial charge in [0.25, 0.3) is 0 Å². The van der Waals surface area contributed by atoms with Crippen molar-refractivity contribution in [2.24, 2.45) is 5.92 Å². The number of ether oxygens (including phenoxy) is 1. The van der Waals surface area contributed by atoms with E-state index in [2.05, 4.69) is 5.32 Å². The number of amides is 1. The highest BCUT2D eigenvalue weighted by atomic mass is 19.1. The van der Waals surface area contributed by atoms with Crippen molar-refractivity contribution in [2.45, 2.75) is 51.7 Å². The second kappa shape index (κ2) is 4.81. The summed E-state index contributed by atoms with van der Waals surface area (Å²) < 4.78 is 17.7. The van der Waals surface area contributed by atoms with Crippen LogP contribution >= 0.6 is 0 Å². The van der Waals surface area contributed by atoms with Gasteiger partial charge < -0.3 is 10.1 Å².